The minimum Gasteiger partial charge on any atom is -0.374 e. The van der Waals surface area contributed by atoms with E-state index in [2.05, 4.69) is 55.5 Å². The summed E-state index contributed by atoms with van der Waals surface area (Å²) in [6.07, 6.45) is 1.10. The summed E-state index contributed by atoms with van der Waals surface area (Å²) in [5, 5.41) is 6.61. The summed E-state index contributed by atoms with van der Waals surface area (Å²) in [6.45, 7) is 11.9. The predicted octanol–water partition coefficient (Wildman–Crippen LogP) is 3.37. The van der Waals surface area contributed by atoms with Gasteiger partial charge in [-0.05, 0) is 31.7 Å². The van der Waals surface area contributed by atoms with Crippen LogP contribution in [0.4, 0.5) is 0 Å². The Balaban J connectivity index is 2.21. The first-order valence-corrected chi connectivity index (χ1v) is 8.32. The molecule has 0 saturated heterocycles. The number of guanidine groups is 1. The van der Waals surface area contributed by atoms with E-state index in [1.165, 1.54) is 5.56 Å². The van der Waals surface area contributed by atoms with Gasteiger partial charge >= 0.3 is 0 Å². The molecule has 0 fully saturated rings. The lowest BCUT2D eigenvalue weighted by molar-refractivity contribution is 0.0646. The molecule has 0 aromatic heterocycles. The molecule has 0 heterocycles. The number of nitrogens with one attached hydrogen (secondary N) is 2. The van der Waals surface area contributed by atoms with Crippen LogP contribution in [0.15, 0.2) is 35.3 Å². The molecule has 2 N–H and O–H groups in total. The standard InChI is InChI=1S/C18H31N3O/c1-5-19-18(21-14-15(2)3)20-12-9-13-22-16(4)17-10-7-6-8-11-17/h6-8,10-11,15-16H,5,9,12-14H2,1-4H3,(H2,19,20,21). The van der Waals surface area contributed by atoms with E-state index < -0.39 is 0 Å². The van der Waals surface area contributed by atoms with Crippen molar-refractivity contribution in [1.82, 2.24) is 10.6 Å². The second-order valence-electron chi connectivity index (χ2n) is 5.82. The van der Waals surface area contributed by atoms with Gasteiger partial charge in [0.1, 0.15) is 0 Å². The van der Waals surface area contributed by atoms with Crippen molar-refractivity contribution < 1.29 is 4.74 Å². The van der Waals surface area contributed by atoms with Gasteiger partial charge in [-0.15, -0.1) is 0 Å². The molecular formula is C18H31N3O. The summed E-state index contributed by atoms with van der Waals surface area (Å²) in [5.41, 5.74) is 1.22. The van der Waals surface area contributed by atoms with Gasteiger partial charge < -0.3 is 15.4 Å². The number of aliphatic imine (C=N–C) groups is 1. The summed E-state index contributed by atoms with van der Waals surface area (Å²) in [5.74, 6) is 1.47. The summed E-state index contributed by atoms with van der Waals surface area (Å²) < 4.78 is 5.87. The van der Waals surface area contributed by atoms with E-state index in [9.17, 15) is 0 Å². The molecule has 0 radical (unpaired) electrons. The minimum absolute atomic E-state index is 0.143. The van der Waals surface area contributed by atoms with Gasteiger partial charge in [0.2, 0.25) is 0 Å². The molecule has 1 aromatic carbocycles. The molecule has 0 aliphatic heterocycles. The first-order chi connectivity index (χ1) is 10.6. The highest BCUT2D eigenvalue weighted by Gasteiger charge is 2.04. The summed E-state index contributed by atoms with van der Waals surface area (Å²) in [7, 11) is 0. The van der Waals surface area contributed by atoms with Crippen LogP contribution in [0, 0.1) is 5.92 Å². The smallest absolute Gasteiger partial charge is 0.191 e. The van der Waals surface area contributed by atoms with Crippen LogP contribution in [-0.4, -0.2) is 32.2 Å². The number of hydrogen-bond acceptors (Lipinski definition) is 2. The van der Waals surface area contributed by atoms with Crippen molar-refractivity contribution in [3.8, 4) is 0 Å². The van der Waals surface area contributed by atoms with Crippen molar-refractivity contribution in [2.75, 3.05) is 26.2 Å². The topological polar surface area (TPSA) is 45.7 Å². The Morgan fingerprint density at radius 2 is 1.86 bits per heavy atom. The quantitative estimate of drug-likeness (QED) is 0.418. The van der Waals surface area contributed by atoms with E-state index in [0.717, 1.165) is 38.6 Å². The van der Waals surface area contributed by atoms with E-state index in [0.29, 0.717) is 5.92 Å². The molecule has 0 saturated carbocycles. The molecule has 0 bridgehead atoms. The number of benzene rings is 1. The predicted molar refractivity (Wildman–Crippen MR) is 94.2 cm³/mol. The molecule has 1 rings (SSSR count). The van der Waals surface area contributed by atoms with Crippen LogP contribution in [-0.2, 0) is 4.74 Å². The highest BCUT2D eigenvalue weighted by atomic mass is 16.5. The fourth-order valence-corrected chi connectivity index (χ4v) is 1.97. The van der Waals surface area contributed by atoms with E-state index >= 15 is 0 Å². The van der Waals surface area contributed by atoms with Gasteiger partial charge in [0, 0.05) is 26.2 Å². The molecule has 22 heavy (non-hydrogen) atoms. The van der Waals surface area contributed by atoms with Crippen molar-refractivity contribution in [2.24, 2.45) is 10.9 Å². The van der Waals surface area contributed by atoms with Crippen LogP contribution in [0.2, 0.25) is 0 Å². The Labute approximate surface area is 135 Å². The summed E-state index contributed by atoms with van der Waals surface area (Å²) in [4.78, 5) is 4.55. The van der Waals surface area contributed by atoms with Gasteiger partial charge in [-0.2, -0.15) is 0 Å². The average Bonchev–Trinajstić information content (AvgIpc) is 2.52. The molecule has 1 aromatic rings. The zero-order valence-electron chi connectivity index (χ0n) is 14.4. The first kappa shape index (κ1) is 18.5. The molecule has 0 aliphatic carbocycles. The Kier molecular flexibility index (Phi) is 9.31. The fourth-order valence-electron chi connectivity index (χ4n) is 1.97. The van der Waals surface area contributed by atoms with Crippen LogP contribution >= 0.6 is 0 Å². The molecule has 0 amide bonds. The Morgan fingerprint density at radius 3 is 2.50 bits per heavy atom. The van der Waals surface area contributed by atoms with Crippen molar-refractivity contribution in [2.45, 2.75) is 40.2 Å². The number of ether oxygens (including phenoxy) is 1. The third-order valence-corrected chi connectivity index (χ3v) is 3.21. The lowest BCUT2D eigenvalue weighted by atomic mass is 10.1. The van der Waals surface area contributed by atoms with Crippen molar-refractivity contribution in [3.63, 3.8) is 0 Å². The third kappa shape index (κ3) is 8.03. The van der Waals surface area contributed by atoms with Crippen molar-refractivity contribution in [3.05, 3.63) is 35.9 Å². The fraction of sp³-hybridized carbons (Fsp3) is 0.611. The zero-order valence-corrected chi connectivity index (χ0v) is 14.4. The van der Waals surface area contributed by atoms with Crippen molar-refractivity contribution >= 4 is 5.96 Å². The molecule has 1 atom stereocenters. The highest BCUT2D eigenvalue weighted by molar-refractivity contribution is 5.79. The third-order valence-electron chi connectivity index (χ3n) is 3.21. The number of hydrogen-bond donors (Lipinski definition) is 2. The summed E-state index contributed by atoms with van der Waals surface area (Å²) >= 11 is 0. The summed E-state index contributed by atoms with van der Waals surface area (Å²) in [6, 6.07) is 10.3. The molecule has 4 heteroatoms. The normalized spacial score (nSPS) is 13.2. The highest BCUT2D eigenvalue weighted by Crippen LogP contribution is 2.15. The van der Waals surface area contributed by atoms with Gasteiger partial charge in [-0.3, -0.25) is 4.99 Å². The molecule has 1 unspecified atom stereocenters. The molecular weight excluding hydrogens is 274 g/mol. The van der Waals surface area contributed by atoms with Gasteiger partial charge in [0.05, 0.1) is 6.10 Å². The van der Waals surface area contributed by atoms with Crippen molar-refractivity contribution in [1.29, 1.82) is 0 Å². The SMILES string of the molecule is CCNC(=NCC(C)C)NCCCOC(C)c1ccccc1. The maximum Gasteiger partial charge on any atom is 0.191 e. The van der Waals surface area contributed by atoms with E-state index in [-0.39, 0.29) is 6.10 Å². The lowest BCUT2D eigenvalue weighted by Crippen LogP contribution is -2.38. The second-order valence-corrected chi connectivity index (χ2v) is 5.82. The van der Waals surface area contributed by atoms with E-state index in [1.807, 2.05) is 18.2 Å². The first-order valence-electron chi connectivity index (χ1n) is 8.32. The average molecular weight is 305 g/mol. The van der Waals surface area contributed by atoms with Gasteiger partial charge in [-0.25, -0.2) is 0 Å². The minimum atomic E-state index is 0.143. The zero-order chi connectivity index (χ0) is 16.2. The Morgan fingerprint density at radius 1 is 1.14 bits per heavy atom. The van der Waals surface area contributed by atoms with E-state index in [1.54, 1.807) is 0 Å². The van der Waals surface area contributed by atoms with Gasteiger partial charge in [0.25, 0.3) is 0 Å². The Bertz CT molecular complexity index is 418. The van der Waals surface area contributed by atoms with Crippen LogP contribution in [0.5, 0.6) is 0 Å². The monoisotopic (exact) mass is 305 g/mol. The van der Waals surface area contributed by atoms with Crippen LogP contribution < -0.4 is 10.6 Å². The molecule has 0 spiro atoms. The van der Waals surface area contributed by atoms with Crippen LogP contribution in [0.1, 0.15) is 45.8 Å². The Hall–Kier alpha value is -1.55. The van der Waals surface area contributed by atoms with Gasteiger partial charge in [-0.1, -0.05) is 44.2 Å². The molecule has 124 valence electrons. The largest absolute Gasteiger partial charge is 0.374 e. The lowest BCUT2D eigenvalue weighted by Gasteiger charge is -2.15. The second kappa shape index (κ2) is 11.1. The van der Waals surface area contributed by atoms with Crippen LogP contribution in [0.3, 0.4) is 0 Å². The molecule has 0 aliphatic rings. The number of nitrogens with zero attached hydrogens (tertiary/aromatic N) is 1. The maximum atomic E-state index is 5.87. The number of rotatable bonds is 9. The van der Waals surface area contributed by atoms with Gasteiger partial charge in [0.15, 0.2) is 5.96 Å². The van der Waals surface area contributed by atoms with E-state index in [4.69, 9.17) is 4.74 Å². The van der Waals surface area contributed by atoms with Crippen LogP contribution in [0.25, 0.3) is 0 Å². The maximum absolute atomic E-state index is 5.87. The molecule has 4 nitrogen and oxygen atoms in total.